The van der Waals surface area contributed by atoms with Crippen molar-refractivity contribution in [3.8, 4) is 0 Å². The molecule has 0 saturated carbocycles. The lowest BCUT2D eigenvalue weighted by Gasteiger charge is -2.00. The third kappa shape index (κ3) is 3.12. The summed E-state index contributed by atoms with van der Waals surface area (Å²) < 4.78 is 13.9. The van der Waals surface area contributed by atoms with Gasteiger partial charge in [0.2, 0.25) is 0 Å². The van der Waals surface area contributed by atoms with Crippen molar-refractivity contribution in [2.45, 2.75) is 22.1 Å². The van der Waals surface area contributed by atoms with E-state index >= 15 is 0 Å². The number of thiophene rings is 1. The molecule has 1 atom stereocenters. The van der Waals surface area contributed by atoms with Gasteiger partial charge in [0.15, 0.2) is 0 Å². The first-order valence-electron chi connectivity index (χ1n) is 5.37. The normalized spacial score (nSPS) is 12.4. The topological polar surface area (TPSA) is 63.4 Å². The number of nitrogens with zero attached hydrogens (tertiary/aromatic N) is 1. The second-order valence-electron chi connectivity index (χ2n) is 3.79. The zero-order valence-corrected chi connectivity index (χ0v) is 11.5. The Morgan fingerprint density at radius 3 is 2.74 bits per heavy atom. The number of hydrogen-bond acceptors (Lipinski definition) is 5. The van der Waals surface area contributed by atoms with Gasteiger partial charge in [-0.3, -0.25) is 10.1 Å². The summed E-state index contributed by atoms with van der Waals surface area (Å²) in [4.78, 5) is 11.2. The van der Waals surface area contributed by atoms with Crippen LogP contribution in [0.1, 0.15) is 17.9 Å². The Hall–Kier alpha value is -1.44. The summed E-state index contributed by atoms with van der Waals surface area (Å²) in [6, 6.07) is 7.42. The van der Waals surface area contributed by atoms with Gasteiger partial charge < -0.3 is 5.11 Å². The Kier molecular flexibility index (Phi) is 4.18. The number of benzene rings is 1. The maximum absolute atomic E-state index is 13.5. The molecule has 100 valence electrons. The first-order chi connectivity index (χ1) is 8.99. The maximum atomic E-state index is 13.5. The van der Waals surface area contributed by atoms with E-state index in [0.29, 0.717) is 14.0 Å². The van der Waals surface area contributed by atoms with Crippen LogP contribution >= 0.6 is 23.1 Å². The van der Waals surface area contributed by atoms with E-state index in [1.165, 1.54) is 19.1 Å². The molecule has 0 fully saturated rings. The van der Waals surface area contributed by atoms with Crippen LogP contribution in [0.2, 0.25) is 0 Å². The lowest BCUT2D eigenvalue weighted by Crippen LogP contribution is -1.88. The molecule has 0 amide bonds. The molecule has 0 radical (unpaired) electrons. The fraction of sp³-hybridized carbons (Fsp3) is 0.167. The summed E-state index contributed by atoms with van der Waals surface area (Å²) in [5, 5.41) is 20.4. The van der Waals surface area contributed by atoms with E-state index < -0.39 is 16.8 Å². The number of rotatable bonds is 4. The highest BCUT2D eigenvalue weighted by molar-refractivity contribution is 8.01. The highest BCUT2D eigenvalue weighted by Crippen LogP contribution is 2.43. The smallest absolute Gasteiger partial charge is 0.294 e. The van der Waals surface area contributed by atoms with Gasteiger partial charge >= 0.3 is 0 Å². The molecule has 0 spiro atoms. The van der Waals surface area contributed by atoms with Gasteiger partial charge in [-0.1, -0.05) is 23.9 Å². The van der Waals surface area contributed by atoms with Gasteiger partial charge in [-0.2, -0.15) is 0 Å². The second kappa shape index (κ2) is 5.68. The Morgan fingerprint density at radius 2 is 2.16 bits per heavy atom. The van der Waals surface area contributed by atoms with Gasteiger partial charge in [0.05, 0.1) is 11.0 Å². The van der Waals surface area contributed by atoms with Crippen molar-refractivity contribution in [2.75, 3.05) is 0 Å². The minimum absolute atomic E-state index is 0.103. The van der Waals surface area contributed by atoms with Crippen molar-refractivity contribution in [3.63, 3.8) is 0 Å². The van der Waals surface area contributed by atoms with Gasteiger partial charge in [-0.15, -0.1) is 11.3 Å². The van der Waals surface area contributed by atoms with Crippen LogP contribution in [0, 0.1) is 15.9 Å². The van der Waals surface area contributed by atoms with Crippen molar-refractivity contribution >= 4 is 28.8 Å². The van der Waals surface area contributed by atoms with Crippen molar-refractivity contribution < 1.29 is 14.4 Å². The SMILES string of the molecule is C[C@H](O)c1cc([N+](=O)[O-])c(Sc2ccccc2F)s1. The predicted octanol–water partition coefficient (Wildman–Crippen LogP) is 4.00. The zero-order chi connectivity index (χ0) is 14.0. The summed E-state index contributed by atoms with van der Waals surface area (Å²) in [6.07, 6.45) is -0.779. The molecule has 7 heteroatoms. The summed E-state index contributed by atoms with van der Waals surface area (Å²) in [5.41, 5.74) is -0.103. The van der Waals surface area contributed by atoms with Gasteiger partial charge in [0, 0.05) is 15.8 Å². The molecule has 0 aliphatic rings. The van der Waals surface area contributed by atoms with E-state index in [2.05, 4.69) is 0 Å². The predicted molar refractivity (Wildman–Crippen MR) is 72.1 cm³/mol. The van der Waals surface area contributed by atoms with Crippen molar-refractivity contribution in [1.29, 1.82) is 0 Å². The van der Waals surface area contributed by atoms with E-state index in [4.69, 9.17) is 0 Å². The third-order valence-corrected chi connectivity index (χ3v) is 4.88. The quantitative estimate of drug-likeness (QED) is 0.684. The van der Waals surface area contributed by atoms with E-state index in [1.54, 1.807) is 18.2 Å². The van der Waals surface area contributed by atoms with Gasteiger partial charge in [-0.25, -0.2) is 4.39 Å². The fourth-order valence-corrected chi connectivity index (χ4v) is 3.68. The van der Waals surface area contributed by atoms with E-state index in [0.717, 1.165) is 23.1 Å². The minimum atomic E-state index is -0.779. The Bertz CT molecular complexity index is 613. The molecule has 1 heterocycles. The molecule has 0 aliphatic carbocycles. The Balaban J connectivity index is 2.39. The minimum Gasteiger partial charge on any atom is -0.388 e. The molecule has 4 nitrogen and oxygen atoms in total. The molecule has 0 unspecified atom stereocenters. The van der Waals surface area contributed by atoms with Crippen LogP contribution in [0.3, 0.4) is 0 Å². The van der Waals surface area contributed by atoms with Gasteiger partial charge in [0.25, 0.3) is 5.69 Å². The molecule has 0 bridgehead atoms. The van der Waals surface area contributed by atoms with Crippen LogP contribution in [0.5, 0.6) is 0 Å². The van der Waals surface area contributed by atoms with Crippen LogP contribution in [-0.4, -0.2) is 10.0 Å². The van der Waals surface area contributed by atoms with E-state index in [9.17, 15) is 19.6 Å². The van der Waals surface area contributed by atoms with Crippen molar-refractivity contribution in [1.82, 2.24) is 0 Å². The second-order valence-corrected chi connectivity index (χ2v) is 6.18. The molecule has 19 heavy (non-hydrogen) atoms. The average molecular weight is 299 g/mol. The van der Waals surface area contributed by atoms with Crippen molar-refractivity contribution in [3.05, 3.63) is 51.1 Å². The highest BCUT2D eigenvalue weighted by atomic mass is 32.2. The largest absolute Gasteiger partial charge is 0.388 e. The highest BCUT2D eigenvalue weighted by Gasteiger charge is 2.22. The first kappa shape index (κ1) is 14.0. The number of halogens is 1. The molecular weight excluding hydrogens is 289 g/mol. The summed E-state index contributed by atoms with van der Waals surface area (Å²) in [7, 11) is 0. The number of nitro groups is 1. The number of aliphatic hydroxyl groups excluding tert-OH is 1. The van der Waals surface area contributed by atoms with Gasteiger partial charge in [-0.05, 0) is 19.1 Å². The van der Waals surface area contributed by atoms with Crippen LogP contribution in [0.4, 0.5) is 10.1 Å². The van der Waals surface area contributed by atoms with E-state index in [-0.39, 0.29) is 5.69 Å². The molecular formula is C12H10FNO3S2. The molecule has 1 aromatic heterocycles. The summed E-state index contributed by atoms with van der Waals surface area (Å²) >= 11 is 2.10. The standard InChI is InChI=1S/C12H10FNO3S2/c1-7(15)11-6-9(14(16)17)12(19-11)18-10-5-3-2-4-8(10)13/h2-7,15H,1H3/t7-/m0/s1. The van der Waals surface area contributed by atoms with Gasteiger partial charge in [0.1, 0.15) is 10.0 Å². The molecule has 0 aliphatic heterocycles. The summed E-state index contributed by atoms with van der Waals surface area (Å²) in [5.74, 6) is -0.422. The Labute approximate surface area is 117 Å². The van der Waals surface area contributed by atoms with Crippen molar-refractivity contribution in [2.24, 2.45) is 0 Å². The number of hydrogen-bond donors (Lipinski definition) is 1. The monoisotopic (exact) mass is 299 g/mol. The van der Waals surface area contributed by atoms with Crippen LogP contribution in [-0.2, 0) is 0 Å². The maximum Gasteiger partial charge on any atom is 0.294 e. The lowest BCUT2D eigenvalue weighted by molar-refractivity contribution is -0.387. The fourth-order valence-electron chi connectivity index (χ4n) is 1.42. The van der Waals surface area contributed by atoms with Crippen LogP contribution < -0.4 is 0 Å². The average Bonchev–Trinajstić information content (AvgIpc) is 2.76. The van der Waals surface area contributed by atoms with E-state index in [1.807, 2.05) is 0 Å². The molecule has 2 rings (SSSR count). The molecule has 1 N–H and O–H groups in total. The molecule has 2 aromatic rings. The number of aliphatic hydroxyl groups is 1. The first-order valence-corrected chi connectivity index (χ1v) is 7.01. The van der Waals surface area contributed by atoms with Crippen LogP contribution in [0.15, 0.2) is 39.4 Å². The molecule has 1 aromatic carbocycles. The summed E-state index contributed by atoms with van der Waals surface area (Å²) in [6.45, 7) is 1.53. The molecule has 0 saturated heterocycles. The third-order valence-electron chi connectivity index (χ3n) is 2.35. The lowest BCUT2D eigenvalue weighted by atomic mass is 10.3. The van der Waals surface area contributed by atoms with Crippen LogP contribution in [0.25, 0.3) is 0 Å². The Morgan fingerprint density at radius 1 is 1.47 bits per heavy atom. The zero-order valence-electron chi connectivity index (χ0n) is 9.87.